The van der Waals surface area contributed by atoms with Crippen molar-refractivity contribution in [1.29, 1.82) is 0 Å². The van der Waals surface area contributed by atoms with Gasteiger partial charge in [0.25, 0.3) is 5.91 Å². The molecule has 0 unspecified atom stereocenters. The van der Waals surface area contributed by atoms with Gasteiger partial charge < -0.3 is 4.74 Å². The molecular formula is C30H27N5O2. The zero-order valence-electron chi connectivity index (χ0n) is 20.5. The van der Waals surface area contributed by atoms with Crippen LogP contribution in [0.4, 0.5) is 5.69 Å². The molecule has 7 nitrogen and oxygen atoms in total. The molecule has 1 aliphatic heterocycles. The summed E-state index contributed by atoms with van der Waals surface area (Å²) in [5, 5.41) is 11.2. The number of carbonyl (C=O) groups excluding carboxylic acids is 1. The molecule has 37 heavy (non-hydrogen) atoms. The topological polar surface area (TPSA) is 79.2 Å². The number of amides is 1. The molecule has 0 saturated carbocycles. The molecule has 0 fully saturated rings. The quantitative estimate of drug-likeness (QED) is 0.258. The number of carbonyl (C=O) groups is 1. The van der Waals surface area contributed by atoms with Crippen LogP contribution in [0.2, 0.25) is 0 Å². The van der Waals surface area contributed by atoms with E-state index in [2.05, 4.69) is 44.8 Å². The zero-order chi connectivity index (χ0) is 25.5. The molecule has 3 aromatic carbocycles. The molecule has 1 aliphatic rings. The van der Waals surface area contributed by atoms with Gasteiger partial charge in [-0.15, -0.1) is 0 Å². The molecule has 1 atom stereocenters. The Morgan fingerprint density at radius 1 is 1.00 bits per heavy atom. The van der Waals surface area contributed by atoms with Crippen LogP contribution in [0, 0.1) is 0 Å². The SMILES string of the molecule is CCOc1ccc([C@H]2CC(c3ccccc3)=NN2c2ccc(C=NNC(=O)c3ccncc3)cc2)cc1. The molecule has 0 spiro atoms. The standard InChI is InChI=1S/C30H27N5O2/c1-2-37-27-14-10-24(11-15-27)29-20-28(23-6-4-3-5-7-23)34-35(29)26-12-8-22(9-13-26)21-32-33-30(36)25-16-18-31-19-17-25/h3-19,21,29H,2,20H2,1H3,(H,33,36)/t29-/m1/s1. The minimum Gasteiger partial charge on any atom is -0.494 e. The highest BCUT2D eigenvalue weighted by atomic mass is 16.5. The molecule has 5 rings (SSSR count). The lowest BCUT2D eigenvalue weighted by Crippen LogP contribution is -2.18. The van der Waals surface area contributed by atoms with E-state index in [1.54, 1.807) is 30.7 Å². The Morgan fingerprint density at radius 2 is 1.73 bits per heavy atom. The van der Waals surface area contributed by atoms with E-state index in [4.69, 9.17) is 9.84 Å². The fraction of sp³-hybridized carbons (Fsp3) is 0.133. The predicted molar refractivity (Wildman–Crippen MR) is 146 cm³/mol. The number of benzene rings is 3. The van der Waals surface area contributed by atoms with Gasteiger partial charge in [0, 0.05) is 24.4 Å². The van der Waals surface area contributed by atoms with Crippen LogP contribution in [0.15, 0.2) is 114 Å². The molecule has 7 heteroatoms. The Morgan fingerprint density at radius 3 is 2.43 bits per heavy atom. The first-order chi connectivity index (χ1) is 18.2. The van der Waals surface area contributed by atoms with Gasteiger partial charge in [0.1, 0.15) is 5.75 Å². The first kappa shape index (κ1) is 23.9. The summed E-state index contributed by atoms with van der Waals surface area (Å²) in [6.45, 7) is 2.62. The molecule has 1 aromatic heterocycles. The van der Waals surface area contributed by atoms with Crippen LogP contribution in [0.3, 0.4) is 0 Å². The van der Waals surface area contributed by atoms with Crippen molar-refractivity contribution in [2.45, 2.75) is 19.4 Å². The number of aromatic nitrogens is 1. The number of hydrogen-bond acceptors (Lipinski definition) is 6. The van der Waals surface area contributed by atoms with Crippen molar-refractivity contribution in [3.8, 4) is 5.75 Å². The lowest BCUT2D eigenvalue weighted by molar-refractivity contribution is 0.0955. The maximum atomic E-state index is 12.2. The number of nitrogens with zero attached hydrogens (tertiary/aromatic N) is 4. The molecule has 184 valence electrons. The van der Waals surface area contributed by atoms with Crippen LogP contribution in [-0.2, 0) is 0 Å². The van der Waals surface area contributed by atoms with Gasteiger partial charge in [0.15, 0.2) is 0 Å². The number of rotatable bonds is 8. The molecule has 0 aliphatic carbocycles. The molecule has 2 heterocycles. The predicted octanol–water partition coefficient (Wildman–Crippen LogP) is 5.60. The minimum absolute atomic E-state index is 0.0602. The van der Waals surface area contributed by atoms with Gasteiger partial charge in [-0.05, 0) is 60.0 Å². The van der Waals surface area contributed by atoms with Crippen LogP contribution in [-0.4, -0.2) is 29.4 Å². The van der Waals surface area contributed by atoms with E-state index in [1.807, 2.05) is 61.5 Å². The molecule has 1 N–H and O–H groups in total. The fourth-order valence-corrected chi connectivity index (χ4v) is 4.21. The second kappa shape index (κ2) is 11.3. The molecular weight excluding hydrogens is 462 g/mol. The van der Waals surface area contributed by atoms with E-state index in [0.29, 0.717) is 12.2 Å². The number of hydrogen-bond donors (Lipinski definition) is 1. The fourth-order valence-electron chi connectivity index (χ4n) is 4.21. The zero-order valence-corrected chi connectivity index (χ0v) is 20.5. The summed E-state index contributed by atoms with van der Waals surface area (Å²) in [4.78, 5) is 16.1. The summed E-state index contributed by atoms with van der Waals surface area (Å²) in [6, 6.07) is 29.8. The molecule has 0 bridgehead atoms. The van der Waals surface area contributed by atoms with Crippen molar-refractivity contribution in [1.82, 2.24) is 10.4 Å². The first-order valence-corrected chi connectivity index (χ1v) is 12.2. The normalized spacial score (nSPS) is 15.0. The monoisotopic (exact) mass is 489 g/mol. The third kappa shape index (κ3) is 5.73. The second-order valence-electron chi connectivity index (χ2n) is 8.51. The van der Waals surface area contributed by atoms with Gasteiger partial charge in [-0.2, -0.15) is 10.2 Å². The van der Waals surface area contributed by atoms with Crippen LogP contribution in [0.1, 0.15) is 46.4 Å². The highest BCUT2D eigenvalue weighted by Gasteiger charge is 2.29. The Bertz CT molecular complexity index is 1390. The molecule has 4 aromatic rings. The largest absolute Gasteiger partial charge is 0.494 e. The highest BCUT2D eigenvalue weighted by molar-refractivity contribution is 6.03. The van der Waals surface area contributed by atoms with Gasteiger partial charge in [0.2, 0.25) is 0 Å². The summed E-state index contributed by atoms with van der Waals surface area (Å²) in [7, 11) is 0. The first-order valence-electron chi connectivity index (χ1n) is 12.2. The number of ether oxygens (including phenoxy) is 1. The van der Waals surface area contributed by atoms with E-state index in [9.17, 15) is 4.79 Å². The van der Waals surface area contributed by atoms with Gasteiger partial charge in [-0.3, -0.25) is 14.8 Å². The maximum absolute atomic E-state index is 12.2. The summed E-state index contributed by atoms with van der Waals surface area (Å²) in [6.07, 6.45) is 5.56. The molecule has 0 radical (unpaired) electrons. The smallest absolute Gasteiger partial charge is 0.271 e. The van der Waals surface area contributed by atoms with Gasteiger partial charge in [-0.1, -0.05) is 54.6 Å². The lowest BCUT2D eigenvalue weighted by atomic mass is 9.98. The van der Waals surface area contributed by atoms with E-state index >= 15 is 0 Å². The molecule has 1 amide bonds. The van der Waals surface area contributed by atoms with Crippen LogP contribution >= 0.6 is 0 Å². The minimum atomic E-state index is -0.284. The lowest BCUT2D eigenvalue weighted by Gasteiger charge is -2.24. The van der Waals surface area contributed by atoms with E-state index < -0.39 is 0 Å². The average molecular weight is 490 g/mol. The van der Waals surface area contributed by atoms with Crippen LogP contribution < -0.4 is 15.2 Å². The number of hydrazone groups is 2. The van der Waals surface area contributed by atoms with Crippen molar-refractivity contribution in [3.63, 3.8) is 0 Å². The van der Waals surface area contributed by atoms with Gasteiger partial charge in [-0.25, -0.2) is 5.43 Å². The number of pyridine rings is 1. The summed E-state index contributed by atoms with van der Waals surface area (Å²) >= 11 is 0. The van der Waals surface area contributed by atoms with E-state index in [1.165, 1.54) is 5.56 Å². The van der Waals surface area contributed by atoms with Crippen LogP contribution in [0.5, 0.6) is 5.75 Å². The second-order valence-corrected chi connectivity index (χ2v) is 8.51. The van der Waals surface area contributed by atoms with Gasteiger partial charge >= 0.3 is 0 Å². The van der Waals surface area contributed by atoms with Crippen molar-refractivity contribution in [2.75, 3.05) is 11.6 Å². The highest BCUT2D eigenvalue weighted by Crippen LogP contribution is 2.37. The summed E-state index contributed by atoms with van der Waals surface area (Å²) in [5.41, 5.74) is 8.22. The Balaban J connectivity index is 1.35. The molecule has 0 saturated heterocycles. The maximum Gasteiger partial charge on any atom is 0.271 e. The summed E-state index contributed by atoms with van der Waals surface area (Å²) in [5.74, 6) is 0.577. The Labute approximate surface area is 216 Å². The van der Waals surface area contributed by atoms with E-state index in [-0.39, 0.29) is 11.9 Å². The number of nitrogens with one attached hydrogen (secondary N) is 1. The third-order valence-electron chi connectivity index (χ3n) is 6.07. The van der Waals surface area contributed by atoms with Crippen molar-refractivity contribution < 1.29 is 9.53 Å². The third-order valence-corrected chi connectivity index (χ3v) is 6.07. The van der Waals surface area contributed by atoms with E-state index in [0.717, 1.165) is 34.7 Å². The number of anilines is 1. The Hall–Kier alpha value is -4.78. The summed E-state index contributed by atoms with van der Waals surface area (Å²) < 4.78 is 5.63. The Kier molecular flexibility index (Phi) is 7.31. The average Bonchev–Trinajstić information content (AvgIpc) is 3.40. The van der Waals surface area contributed by atoms with Gasteiger partial charge in [0.05, 0.1) is 30.3 Å². The van der Waals surface area contributed by atoms with Crippen molar-refractivity contribution in [2.24, 2.45) is 10.2 Å². The van der Waals surface area contributed by atoms with Crippen LogP contribution in [0.25, 0.3) is 0 Å². The van der Waals surface area contributed by atoms with Crippen molar-refractivity contribution in [3.05, 3.63) is 126 Å². The van der Waals surface area contributed by atoms with Crippen molar-refractivity contribution >= 4 is 23.5 Å².